The zero-order chi connectivity index (χ0) is 13.2. The molecule has 0 spiro atoms. The summed E-state index contributed by atoms with van der Waals surface area (Å²) in [6.07, 6.45) is 1.93. The van der Waals surface area contributed by atoms with Crippen LogP contribution >= 0.6 is 46.5 Å². The van der Waals surface area contributed by atoms with E-state index in [0.29, 0.717) is 10.3 Å². The van der Waals surface area contributed by atoms with Crippen molar-refractivity contribution in [3.8, 4) is 0 Å². The van der Waals surface area contributed by atoms with Crippen molar-refractivity contribution < 1.29 is 0 Å². The summed E-state index contributed by atoms with van der Waals surface area (Å²) in [6.45, 7) is 0. The van der Waals surface area contributed by atoms with Crippen molar-refractivity contribution in [2.75, 3.05) is 6.26 Å². The zero-order valence-corrected chi connectivity index (χ0v) is 13.0. The van der Waals surface area contributed by atoms with Crippen LogP contribution in [0.3, 0.4) is 0 Å². The molecule has 0 unspecified atom stereocenters. The van der Waals surface area contributed by atoms with Gasteiger partial charge in [-0.15, -0.1) is 11.3 Å². The lowest BCUT2D eigenvalue weighted by molar-refractivity contribution is 0.894. The Labute approximate surface area is 127 Å². The third kappa shape index (κ3) is 3.02. The van der Waals surface area contributed by atoms with Crippen molar-refractivity contribution >= 4 is 56.7 Å². The molecule has 0 radical (unpaired) electrons. The number of rotatable bonds is 3. The lowest BCUT2D eigenvalue weighted by Gasteiger charge is -2.00. The molecule has 3 rings (SSSR count). The number of thioether (sulfide) groups is 1. The number of nitrogens with zero attached hydrogens (tertiary/aromatic N) is 3. The summed E-state index contributed by atoms with van der Waals surface area (Å²) in [7, 11) is 0. The standard InChI is InChI=1S/C12H8ClN3S3/c1-17-11-15-9(13)6-10(16-11)19-12-14-7-4-2-3-5-8(7)18-12/h2-6H,1H3. The second-order valence-corrected chi connectivity index (χ2v) is 7.02. The maximum atomic E-state index is 5.98. The van der Waals surface area contributed by atoms with Crippen LogP contribution in [0.25, 0.3) is 10.2 Å². The number of fused-ring (bicyclic) bond motifs is 1. The Morgan fingerprint density at radius 3 is 2.79 bits per heavy atom. The number of benzene rings is 1. The van der Waals surface area contributed by atoms with Crippen LogP contribution < -0.4 is 0 Å². The molecule has 3 aromatic rings. The smallest absolute Gasteiger partial charge is 0.189 e. The van der Waals surface area contributed by atoms with E-state index in [9.17, 15) is 0 Å². The molecular weight excluding hydrogens is 318 g/mol. The summed E-state index contributed by atoms with van der Waals surface area (Å²) in [6, 6.07) is 9.84. The van der Waals surface area contributed by atoms with Crippen LogP contribution in [0.15, 0.2) is 44.9 Å². The monoisotopic (exact) mass is 325 g/mol. The van der Waals surface area contributed by atoms with Gasteiger partial charge in [0.1, 0.15) is 10.2 Å². The minimum Gasteiger partial charge on any atom is -0.229 e. The third-order valence-electron chi connectivity index (χ3n) is 2.30. The number of para-hydroxylation sites is 1. The molecule has 0 atom stereocenters. The highest BCUT2D eigenvalue weighted by Crippen LogP contribution is 2.34. The van der Waals surface area contributed by atoms with E-state index in [1.54, 1.807) is 17.4 Å². The lowest BCUT2D eigenvalue weighted by atomic mass is 10.3. The van der Waals surface area contributed by atoms with Gasteiger partial charge in [0.2, 0.25) is 0 Å². The molecule has 19 heavy (non-hydrogen) atoms. The fraction of sp³-hybridized carbons (Fsp3) is 0.0833. The molecule has 0 aliphatic heterocycles. The molecule has 7 heteroatoms. The van der Waals surface area contributed by atoms with Crippen LogP contribution in [0.2, 0.25) is 5.15 Å². The van der Waals surface area contributed by atoms with Gasteiger partial charge in [-0.3, -0.25) is 0 Å². The van der Waals surface area contributed by atoms with Crippen LogP contribution in [0, 0.1) is 0 Å². The highest BCUT2D eigenvalue weighted by atomic mass is 35.5. The Morgan fingerprint density at radius 1 is 1.16 bits per heavy atom. The largest absolute Gasteiger partial charge is 0.229 e. The predicted molar refractivity (Wildman–Crippen MR) is 82.6 cm³/mol. The maximum absolute atomic E-state index is 5.98. The molecule has 2 heterocycles. The van der Waals surface area contributed by atoms with Gasteiger partial charge in [0.15, 0.2) is 9.50 Å². The second kappa shape index (κ2) is 5.66. The van der Waals surface area contributed by atoms with Gasteiger partial charge in [0.05, 0.1) is 10.2 Å². The van der Waals surface area contributed by atoms with Gasteiger partial charge >= 0.3 is 0 Å². The van der Waals surface area contributed by atoms with E-state index in [4.69, 9.17) is 11.6 Å². The van der Waals surface area contributed by atoms with E-state index in [1.807, 2.05) is 24.5 Å². The number of thiazole rings is 1. The van der Waals surface area contributed by atoms with Gasteiger partial charge in [0.25, 0.3) is 0 Å². The van der Waals surface area contributed by atoms with Gasteiger partial charge in [0, 0.05) is 6.07 Å². The van der Waals surface area contributed by atoms with Gasteiger partial charge in [-0.05, 0) is 30.2 Å². The third-order valence-corrected chi connectivity index (χ3v) is 5.06. The Kier molecular flexibility index (Phi) is 3.93. The molecule has 0 amide bonds. The number of aromatic nitrogens is 3. The quantitative estimate of drug-likeness (QED) is 0.399. The Balaban J connectivity index is 1.94. The summed E-state index contributed by atoms with van der Waals surface area (Å²) in [4.78, 5) is 13.1. The summed E-state index contributed by atoms with van der Waals surface area (Å²) in [5.41, 5.74) is 1.01. The number of hydrogen-bond acceptors (Lipinski definition) is 6. The van der Waals surface area contributed by atoms with Gasteiger partial charge < -0.3 is 0 Å². The molecular formula is C12H8ClN3S3. The normalized spacial score (nSPS) is 11.1. The minimum atomic E-state index is 0.461. The van der Waals surface area contributed by atoms with Gasteiger partial charge in [-0.1, -0.05) is 35.5 Å². The van der Waals surface area contributed by atoms with E-state index in [1.165, 1.54) is 28.2 Å². The second-order valence-electron chi connectivity index (χ2n) is 3.57. The number of hydrogen-bond donors (Lipinski definition) is 0. The molecule has 0 bridgehead atoms. The lowest BCUT2D eigenvalue weighted by Crippen LogP contribution is -1.88. The fourth-order valence-corrected chi connectivity index (χ4v) is 4.25. The summed E-state index contributed by atoms with van der Waals surface area (Å²) < 4.78 is 2.14. The average Bonchev–Trinajstić information content (AvgIpc) is 2.80. The van der Waals surface area contributed by atoms with Crippen LogP contribution in [0.4, 0.5) is 0 Å². The topological polar surface area (TPSA) is 38.7 Å². The van der Waals surface area contributed by atoms with Crippen molar-refractivity contribution in [3.63, 3.8) is 0 Å². The molecule has 0 saturated heterocycles. The van der Waals surface area contributed by atoms with Crippen molar-refractivity contribution in [2.24, 2.45) is 0 Å². The van der Waals surface area contributed by atoms with Crippen LogP contribution in [-0.2, 0) is 0 Å². The zero-order valence-electron chi connectivity index (χ0n) is 9.83. The van der Waals surface area contributed by atoms with E-state index in [2.05, 4.69) is 21.0 Å². The van der Waals surface area contributed by atoms with Crippen molar-refractivity contribution in [2.45, 2.75) is 14.5 Å². The molecule has 0 saturated carbocycles. The first-order valence-corrected chi connectivity index (χ1v) is 8.60. The molecule has 0 N–H and O–H groups in total. The van der Waals surface area contributed by atoms with Crippen molar-refractivity contribution in [3.05, 3.63) is 35.5 Å². The van der Waals surface area contributed by atoms with E-state index >= 15 is 0 Å². The van der Waals surface area contributed by atoms with E-state index in [0.717, 1.165) is 14.9 Å². The Morgan fingerprint density at radius 2 is 2.00 bits per heavy atom. The van der Waals surface area contributed by atoms with Crippen molar-refractivity contribution in [1.82, 2.24) is 15.0 Å². The fourth-order valence-electron chi connectivity index (χ4n) is 1.50. The minimum absolute atomic E-state index is 0.461. The molecule has 0 aliphatic carbocycles. The molecule has 0 fully saturated rings. The molecule has 96 valence electrons. The first-order chi connectivity index (χ1) is 9.24. The highest BCUT2D eigenvalue weighted by molar-refractivity contribution is 8.01. The molecule has 3 nitrogen and oxygen atoms in total. The van der Waals surface area contributed by atoms with E-state index < -0.39 is 0 Å². The summed E-state index contributed by atoms with van der Waals surface area (Å²) in [5.74, 6) is 0. The Hall–Kier alpha value is -0.820. The van der Waals surface area contributed by atoms with Gasteiger partial charge in [-0.25, -0.2) is 15.0 Å². The van der Waals surface area contributed by atoms with Gasteiger partial charge in [-0.2, -0.15) is 0 Å². The predicted octanol–water partition coefficient (Wildman–Crippen LogP) is 4.61. The summed E-state index contributed by atoms with van der Waals surface area (Å²) in [5, 5.41) is 1.96. The summed E-state index contributed by atoms with van der Waals surface area (Å²) >= 11 is 10.6. The average molecular weight is 326 g/mol. The maximum Gasteiger partial charge on any atom is 0.189 e. The molecule has 0 aliphatic rings. The number of halogens is 1. The van der Waals surface area contributed by atoms with Crippen molar-refractivity contribution in [1.29, 1.82) is 0 Å². The first kappa shape index (κ1) is 13.2. The molecule has 1 aromatic carbocycles. The molecule has 2 aromatic heterocycles. The first-order valence-electron chi connectivity index (χ1n) is 5.36. The highest BCUT2D eigenvalue weighted by Gasteiger charge is 2.08. The van der Waals surface area contributed by atoms with Crippen LogP contribution in [0.5, 0.6) is 0 Å². The van der Waals surface area contributed by atoms with Crippen LogP contribution in [0.1, 0.15) is 0 Å². The van der Waals surface area contributed by atoms with Crippen LogP contribution in [-0.4, -0.2) is 21.2 Å². The van der Waals surface area contributed by atoms with E-state index in [-0.39, 0.29) is 0 Å². The SMILES string of the molecule is CSc1nc(Cl)cc(Sc2nc3ccccc3s2)n1. The Bertz CT molecular complexity index is 696.